The number of imide groups is 1. The Hall–Kier alpha value is -1.96. The molecule has 2 heterocycles. The van der Waals surface area contributed by atoms with Crippen LogP contribution in [-0.4, -0.2) is 41.0 Å². The summed E-state index contributed by atoms with van der Waals surface area (Å²) in [7, 11) is 0. The van der Waals surface area contributed by atoms with Crippen molar-refractivity contribution in [3.8, 4) is 0 Å². The van der Waals surface area contributed by atoms with Gasteiger partial charge in [-0.25, -0.2) is 4.98 Å². The normalized spacial score (nSPS) is 15.9. The van der Waals surface area contributed by atoms with Gasteiger partial charge in [-0.05, 0) is 0 Å². The van der Waals surface area contributed by atoms with E-state index in [1.807, 2.05) is 0 Å². The van der Waals surface area contributed by atoms with E-state index in [0.29, 0.717) is 10.8 Å². The summed E-state index contributed by atoms with van der Waals surface area (Å²) >= 11 is 1.22. The molecular weight excluding hydrogens is 246 g/mol. The molecule has 2 N–H and O–H groups in total. The number of amides is 2. The lowest BCUT2D eigenvalue weighted by Gasteiger charge is -2.24. The fourth-order valence-corrected chi connectivity index (χ4v) is 2.28. The van der Waals surface area contributed by atoms with Gasteiger partial charge >= 0.3 is 5.97 Å². The second-order valence-electron chi connectivity index (χ2n) is 3.52. The monoisotopic (exact) mass is 255 g/mol. The maximum Gasteiger partial charge on any atom is 0.309 e. The Morgan fingerprint density at radius 2 is 2.12 bits per heavy atom. The Morgan fingerprint density at radius 1 is 1.47 bits per heavy atom. The fraction of sp³-hybridized carbons (Fsp3) is 0.333. The predicted octanol–water partition coefficient (Wildman–Crippen LogP) is -0.767. The molecule has 0 saturated carbocycles. The largest absolute Gasteiger partial charge is 0.481 e. The van der Waals surface area contributed by atoms with Crippen molar-refractivity contribution in [3.05, 3.63) is 11.1 Å². The van der Waals surface area contributed by atoms with Crippen LogP contribution in [0, 0.1) is 0 Å². The van der Waals surface area contributed by atoms with Crippen LogP contribution in [-0.2, 0) is 20.8 Å². The van der Waals surface area contributed by atoms with E-state index < -0.39 is 5.97 Å². The predicted molar refractivity (Wildman–Crippen MR) is 58.8 cm³/mol. The van der Waals surface area contributed by atoms with Crippen molar-refractivity contribution >= 4 is 34.3 Å². The number of aromatic nitrogens is 1. The van der Waals surface area contributed by atoms with Crippen LogP contribution in [0.3, 0.4) is 0 Å². The van der Waals surface area contributed by atoms with E-state index in [-0.39, 0.29) is 31.3 Å². The highest BCUT2D eigenvalue weighted by Crippen LogP contribution is 2.21. The number of nitrogens with zero attached hydrogens (tertiary/aromatic N) is 2. The molecule has 2 rings (SSSR count). The van der Waals surface area contributed by atoms with Crippen LogP contribution >= 0.6 is 11.3 Å². The quantitative estimate of drug-likeness (QED) is 0.688. The Balaban J connectivity index is 2.11. The number of aliphatic carboxylic acids is 1. The zero-order valence-electron chi connectivity index (χ0n) is 8.67. The number of rotatable bonds is 3. The third-order valence-electron chi connectivity index (χ3n) is 2.09. The van der Waals surface area contributed by atoms with Gasteiger partial charge in [0.05, 0.1) is 12.1 Å². The lowest BCUT2D eigenvalue weighted by atomic mass is 10.3. The second-order valence-corrected chi connectivity index (χ2v) is 4.36. The van der Waals surface area contributed by atoms with Crippen LogP contribution in [0.15, 0.2) is 5.38 Å². The Morgan fingerprint density at radius 3 is 2.71 bits per heavy atom. The van der Waals surface area contributed by atoms with E-state index in [4.69, 9.17) is 5.11 Å². The number of nitrogens with one attached hydrogen (secondary N) is 1. The zero-order chi connectivity index (χ0) is 12.4. The van der Waals surface area contributed by atoms with Crippen molar-refractivity contribution < 1.29 is 19.5 Å². The molecule has 0 spiro atoms. The highest BCUT2D eigenvalue weighted by Gasteiger charge is 2.24. The van der Waals surface area contributed by atoms with E-state index in [9.17, 15) is 14.4 Å². The summed E-state index contributed by atoms with van der Waals surface area (Å²) in [6, 6.07) is 0. The van der Waals surface area contributed by atoms with E-state index in [1.54, 1.807) is 5.38 Å². The van der Waals surface area contributed by atoms with E-state index in [2.05, 4.69) is 10.3 Å². The van der Waals surface area contributed by atoms with E-state index in [1.165, 1.54) is 16.2 Å². The SMILES string of the molecule is O=C(O)Cc1csc(N2CC(=O)NC(=O)C2)n1. The minimum atomic E-state index is -0.964. The first-order chi connectivity index (χ1) is 8.04. The number of carbonyl (C=O) groups excluding carboxylic acids is 2. The molecule has 1 aliphatic heterocycles. The van der Waals surface area contributed by atoms with Crippen molar-refractivity contribution in [2.45, 2.75) is 6.42 Å². The first-order valence-corrected chi connectivity index (χ1v) is 5.66. The lowest BCUT2D eigenvalue weighted by Crippen LogP contribution is -2.51. The number of hydrogen-bond acceptors (Lipinski definition) is 6. The first kappa shape index (κ1) is 11.5. The molecule has 1 aromatic rings. The summed E-state index contributed by atoms with van der Waals surface area (Å²) in [5.74, 6) is -1.72. The van der Waals surface area contributed by atoms with Gasteiger partial charge < -0.3 is 10.0 Å². The molecule has 17 heavy (non-hydrogen) atoms. The van der Waals surface area contributed by atoms with Gasteiger partial charge in [0, 0.05) is 5.38 Å². The number of anilines is 1. The van der Waals surface area contributed by atoms with Crippen LogP contribution in [0.4, 0.5) is 5.13 Å². The standard InChI is InChI=1S/C9H9N3O4S/c13-6-2-12(3-7(14)11-6)9-10-5(4-17-9)1-8(15)16/h4H,1-3H2,(H,15,16)(H,11,13,14). The smallest absolute Gasteiger partial charge is 0.309 e. The third-order valence-corrected chi connectivity index (χ3v) is 3.04. The van der Waals surface area contributed by atoms with Gasteiger partial charge in [-0.3, -0.25) is 19.7 Å². The molecule has 0 atom stereocenters. The summed E-state index contributed by atoms with van der Waals surface area (Å²) in [5, 5.41) is 12.9. The van der Waals surface area contributed by atoms with Gasteiger partial charge in [0.1, 0.15) is 13.1 Å². The van der Waals surface area contributed by atoms with Crippen molar-refractivity contribution in [2.24, 2.45) is 0 Å². The van der Waals surface area contributed by atoms with Crippen LogP contribution < -0.4 is 10.2 Å². The van der Waals surface area contributed by atoms with Crippen LogP contribution in [0.1, 0.15) is 5.69 Å². The molecule has 0 aromatic carbocycles. The van der Waals surface area contributed by atoms with E-state index >= 15 is 0 Å². The topological polar surface area (TPSA) is 99.6 Å². The molecule has 0 bridgehead atoms. The molecular formula is C9H9N3O4S. The minimum absolute atomic E-state index is 0.0613. The van der Waals surface area contributed by atoms with Gasteiger partial charge in [0.2, 0.25) is 11.8 Å². The van der Waals surface area contributed by atoms with Crippen LogP contribution in [0.5, 0.6) is 0 Å². The summed E-state index contributed by atoms with van der Waals surface area (Å²) in [4.78, 5) is 38.4. The number of piperazine rings is 1. The summed E-state index contributed by atoms with van der Waals surface area (Å²) in [6.45, 7) is 0.123. The molecule has 0 aliphatic carbocycles. The maximum atomic E-state index is 11.2. The molecule has 90 valence electrons. The Labute approximate surface area is 100 Å². The fourth-order valence-electron chi connectivity index (χ4n) is 1.45. The van der Waals surface area contributed by atoms with Crippen molar-refractivity contribution in [1.29, 1.82) is 0 Å². The molecule has 2 amide bonds. The average molecular weight is 255 g/mol. The van der Waals surface area contributed by atoms with Gasteiger partial charge in [-0.2, -0.15) is 0 Å². The van der Waals surface area contributed by atoms with Gasteiger partial charge in [0.25, 0.3) is 0 Å². The Bertz CT molecular complexity index is 468. The number of hydrogen-bond donors (Lipinski definition) is 2. The average Bonchev–Trinajstić information content (AvgIpc) is 2.63. The van der Waals surface area contributed by atoms with Crippen LogP contribution in [0.2, 0.25) is 0 Å². The molecule has 0 radical (unpaired) electrons. The van der Waals surface area contributed by atoms with Crippen molar-refractivity contribution in [1.82, 2.24) is 10.3 Å². The first-order valence-electron chi connectivity index (χ1n) is 4.78. The molecule has 1 saturated heterocycles. The highest BCUT2D eigenvalue weighted by molar-refractivity contribution is 7.13. The van der Waals surface area contributed by atoms with Gasteiger partial charge in [0.15, 0.2) is 5.13 Å². The molecule has 8 heteroatoms. The Kier molecular flexibility index (Phi) is 3.05. The van der Waals surface area contributed by atoms with Gasteiger partial charge in [-0.15, -0.1) is 11.3 Å². The zero-order valence-corrected chi connectivity index (χ0v) is 9.49. The highest BCUT2D eigenvalue weighted by atomic mass is 32.1. The molecule has 1 aliphatic rings. The maximum absolute atomic E-state index is 11.2. The number of carbonyl (C=O) groups is 3. The summed E-state index contributed by atoms with van der Waals surface area (Å²) in [5.41, 5.74) is 0.427. The summed E-state index contributed by atoms with van der Waals surface area (Å²) in [6.07, 6.45) is -0.162. The van der Waals surface area contributed by atoms with Crippen LogP contribution in [0.25, 0.3) is 0 Å². The lowest BCUT2D eigenvalue weighted by molar-refractivity contribution is -0.136. The number of thiazole rings is 1. The summed E-state index contributed by atoms with van der Waals surface area (Å²) < 4.78 is 0. The number of carboxylic acid groups (broad SMARTS) is 1. The molecule has 1 fully saturated rings. The molecule has 7 nitrogen and oxygen atoms in total. The minimum Gasteiger partial charge on any atom is -0.481 e. The molecule has 1 aromatic heterocycles. The van der Waals surface area contributed by atoms with Crippen molar-refractivity contribution in [3.63, 3.8) is 0 Å². The molecule has 0 unspecified atom stereocenters. The van der Waals surface area contributed by atoms with Gasteiger partial charge in [-0.1, -0.05) is 0 Å². The third kappa shape index (κ3) is 2.78. The van der Waals surface area contributed by atoms with E-state index in [0.717, 1.165) is 0 Å². The number of carboxylic acids is 1. The van der Waals surface area contributed by atoms with Crippen molar-refractivity contribution in [2.75, 3.05) is 18.0 Å². The second kappa shape index (κ2) is 4.50.